The molecule has 1 unspecified atom stereocenters. The molecular weight excluding hydrogens is 176 g/mol. The van der Waals surface area contributed by atoms with Crippen LogP contribution in [0.5, 0.6) is 0 Å². The first-order valence-electron chi connectivity index (χ1n) is 4.81. The van der Waals surface area contributed by atoms with Crippen LogP contribution in [-0.4, -0.2) is 5.25 Å². The number of thioether (sulfide) groups is 1. The van der Waals surface area contributed by atoms with Gasteiger partial charge >= 0.3 is 0 Å². The highest BCUT2D eigenvalue weighted by molar-refractivity contribution is 8.00. The lowest BCUT2D eigenvalue weighted by molar-refractivity contribution is 1.04. The third-order valence-corrected chi connectivity index (χ3v) is 3.25. The standard InChI is InChI=1S/C12H18S/c1-9(2)13-11(4)12-7-5-10(3)6-8-12/h5-9,11H,1-4H3. The molecular formula is C12H18S. The van der Waals surface area contributed by atoms with E-state index in [0.29, 0.717) is 10.5 Å². The van der Waals surface area contributed by atoms with Gasteiger partial charge < -0.3 is 0 Å². The summed E-state index contributed by atoms with van der Waals surface area (Å²) in [5.41, 5.74) is 2.77. The van der Waals surface area contributed by atoms with E-state index in [4.69, 9.17) is 0 Å². The van der Waals surface area contributed by atoms with Gasteiger partial charge in [0.25, 0.3) is 0 Å². The van der Waals surface area contributed by atoms with Crippen molar-refractivity contribution in [3.63, 3.8) is 0 Å². The van der Waals surface area contributed by atoms with Gasteiger partial charge in [-0.25, -0.2) is 0 Å². The summed E-state index contributed by atoms with van der Waals surface area (Å²) in [7, 11) is 0. The molecule has 1 aromatic carbocycles. The molecule has 0 amide bonds. The van der Waals surface area contributed by atoms with Crippen molar-refractivity contribution < 1.29 is 0 Å². The van der Waals surface area contributed by atoms with Crippen LogP contribution in [0, 0.1) is 6.92 Å². The maximum Gasteiger partial charge on any atom is 0.0271 e. The fraction of sp³-hybridized carbons (Fsp3) is 0.500. The number of aryl methyl sites for hydroxylation is 1. The maximum atomic E-state index is 2.27. The van der Waals surface area contributed by atoms with Crippen molar-refractivity contribution in [2.75, 3.05) is 0 Å². The third-order valence-electron chi connectivity index (χ3n) is 2.02. The molecule has 0 N–H and O–H groups in total. The lowest BCUT2D eigenvalue weighted by Gasteiger charge is -2.14. The summed E-state index contributed by atoms with van der Waals surface area (Å²) < 4.78 is 0. The Morgan fingerprint density at radius 1 is 1.00 bits per heavy atom. The molecule has 1 aromatic rings. The van der Waals surface area contributed by atoms with Crippen LogP contribution in [0.25, 0.3) is 0 Å². The Hall–Kier alpha value is -0.430. The van der Waals surface area contributed by atoms with Crippen LogP contribution in [0.2, 0.25) is 0 Å². The quantitative estimate of drug-likeness (QED) is 0.695. The average Bonchev–Trinajstić information content (AvgIpc) is 2.04. The van der Waals surface area contributed by atoms with Gasteiger partial charge in [-0.1, -0.05) is 43.7 Å². The molecule has 72 valence electrons. The second-order valence-electron chi connectivity index (χ2n) is 3.74. The van der Waals surface area contributed by atoms with E-state index in [1.807, 2.05) is 11.8 Å². The number of hydrogen-bond donors (Lipinski definition) is 0. The topological polar surface area (TPSA) is 0 Å². The van der Waals surface area contributed by atoms with Gasteiger partial charge in [0.15, 0.2) is 0 Å². The molecule has 0 fully saturated rings. The highest BCUT2D eigenvalue weighted by atomic mass is 32.2. The molecule has 0 aliphatic rings. The fourth-order valence-corrected chi connectivity index (χ4v) is 2.46. The fourth-order valence-electron chi connectivity index (χ4n) is 1.32. The summed E-state index contributed by atoms with van der Waals surface area (Å²) >= 11 is 2.01. The zero-order valence-corrected chi connectivity index (χ0v) is 9.69. The Morgan fingerprint density at radius 2 is 1.54 bits per heavy atom. The lowest BCUT2D eigenvalue weighted by atomic mass is 10.1. The summed E-state index contributed by atoms with van der Waals surface area (Å²) in [6.45, 7) is 8.89. The Bertz CT molecular complexity index is 248. The predicted molar refractivity (Wildman–Crippen MR) is 62.3 cm³/mol. The molecule has 0 radical (unpaired) electrons. The Morgan fingerprint density at radius 3 is 2.00 bits per heavy atom. The molecule has 0 heterocycles. The SMILES string of the molecule is Cc1ccc(C(C)SC(C)C)cc1. The average molecular weight is 194 g/mol. The van der Waals surface area contributed by atoms with Crippen LogP contribution in [0.3, 0.4) is 0 Å². The largest absolute Gasteiger partial charge is 0.151 e. The van der Waals surface area contributed by atoms with Crippen molar-refractivity contribution in [3.05, 3.63) is 35.4 Å². The third kappa shape index (κ3) is 3.43. The Kier molecular flexibility index (Phi) is 3.86. The van der Waals surface area contributed by atoms with Crippen molar-refractivity contribution in [2.24, 2.45) is 0 Å². The van der Waals surface area contributed by atoms with Crippen LogP contribution in [0.1, 0.15) is 37.1 Å². The van der Waals surface area contributed by atoms with Crippen LogP contribution < -0.4 is 0 Å². The van der Waals surface area contributed by atoms with Crippen molar-refractivity contribution in [2.45, 2.75) is 38.2 Å². The predicted octanol–water partition coefficient (Wildman–Crippen LogP) is 4.20. The van der Waals surface area contributed by atoms with E-state index in [1.165, 1.54) is 11.1 Å². The maximum absolute atomic E-state index is 2.27. The highest BCUT2D eigenvalue weighted by Crippen LogP contribution is 2.31. The highest BCUT2D eigenvalue weighted by Gasteiger charge is 2.06. The van der Waals surface area contributed by atoms with E-state index < -0.39 is 0 Å². The molecule has 1 heteroatoms. The van der Waals surface area contributed by atoms with Gasteiger partial charge in [0, 0.05) is 5.25 Å². The zero-order valence-electron chi connectivity index (χ0n) is 8.87. The van der Waals surface area contributed by atoms with E-state index in [-0.39, 0.29) is 0 Å². The Balaban J connectivity index is 2.66. The summed E-state index contributed by atoms with van der Waals surface area (Å²) in [5.74, 6) is 0. The minimum Gasteiger partial charge on any atom is -0.151 e. The van der Waals surface area contributed by atoms with Gasteiger partial charge in [-0.3, -0.25) is 0 Å². The van der Waals surface area contributed by atoms with Crippen molar-refractivity contribution in [1.82, 2.24) is 0 Å². The first-order chi connectivity index (χ1) is 6.09. The molecule has 1 atom stereocenters. The van der Waals surface area contributed by atoms with Crippen molar-refractivity contribution in [3.8, 4) is 0 Å². The van der Waals surface area contributed by atoms with Gasteiger partial charge in [0.2, 0.25) is 0 Å². The molecule has 0 nitrogen and oxygen atoms in total. The number of benzene rings is 1. The molecule has 0 aliphatic heterocycles. The first-order valence-corrected chi connectivity index (χ1v) is 5.76. The molecule has 0 saturated carbocycles. The van der Waals surface area contributed by atoms with Gasteiger partial charge in [0.05, 0.1) is 0 Å². The van der Waals surface area contributed by atoms with Gasteiger partial charge in [-0.05, 0) is 24.7 Å². The van der Waals surface area contributed by atoms with Gasteiger partial charge in [-0.15, -0.1) is 0 Å². The number of hydrogen-bond acceptors (Lipinski definition) is 1. The second-order valence-corrected chi connectivity index (χ2v) is 5.66. The zero-order chi connectivity index (χ0) is 9.84. The van der Waals surface area contributed by atoms with E-state index in [9.17, 15) is 0 Å². The van der Waals surface area contributed by atoms with Gasteiger partial charge in [-0.2, -0.15) is 11.8 Å². The normalized spacial score (nSPS) is 13.3. The molecule has 0 spiro atoms. The van der Waals surface area contributed by atoms with Crippen LogP contribution in [-0.2, 0) is 0 Å². The monoisotopic (exact) mass is 194 g/mol. The smallest absolute Gasteiger partial charge is 0.0271 e. The van der Waals surface area contributed by atoms with Crippen molar-refractivity contribution in [1.29, 1.82) is 0 Å². The molecule has 0 aliphatic carbocycles. The first kappa shape index (κ1) is 10.6. The van der Waals surface area contributed by atoms with Crippen LogP contribution >= 0.6 is 11.8 Å². The van der Waals surface area contributed by atoms with E-state index >= 15 is 0 Å². The van der Waals surface area contributed by atoms with Gasteiger partial charge in [0.1, 0.15) is 0 Å². The van der Waals surface area contributed by atoms with Crippen LogP contribution in [0.4, 0.5) is 0 Å². The molecule has 0 saturated heterocycles. The van der Waals surface area contributed by atoms with Crippen LogP contribution in [0.15, 0.2) is 24.3 Å². The minimum atomic E-state index is 0.612. The summed E-state index contributed by atoms with van der Waals surface area (Å²) in [6, 6.07) is 8.84. The molecule has 13 heavy (non-hydrogen) atoms. The van der Waals surface area contributed by atoms with E-state index in [2.05, 4.69) is 52.0 Å². The van der Waals surface area contributed by atoms with E-state index in [1.54, 1.807) is 0 Å². The Labute approximate surface area is 85.7 Å². The summed E-state index contributed by atoms with van der Waals surface area (Å²) in [4.78, 5) is 0. The minimum absolute atomic E-state index is 0.612. The lowest BCUT2D eigenvalue weighted by Crippen LogP contribution is -1.94. The summed E-state index contributed by atoms with van der Waals surface area (Å²) in [5, 5.41) is 1.32. The number of rotatable bonds is 3. The van der Waals surface area contributed by atoms with E-state index in [0.717, 1.165) is 0 Å². The van der Waals surface area contributed by atoms with Crippen molar-refractivity contribution >= 4 is 11.8 Å². The molecule has 0 aromatic heterocycles. The molecule has 0 bridgehead atoms. The molecule has 1 rings (SSSR count). The summed E-state index contributed by atoms with van der Waals surface area (Å²) in [6.07, 6.45) is 0. The second kappa shape index (κ2) is 4.71.